The molecule has 40 heavy (non-hydrogen) atoms. The van der Waals surface area contributed by atoms with Crippen molar-refractivity contribution in [2.45, 2.75) is 13.0 Å². The third-order valence-electron chi connectivity index (χ3n) is 7.70. The van der Waals surface area contributed by atoms with E-state index >= 15 is 0 Å². The first-order chi connectivity index (χ1) is 19.6. The monoisotopic (exact) mass is 550 g/mol. The van der Waals surface area contributed by atoms with E-state index in [1.165, 1.54) is 16.1 Å². The van der Waals surface area contributed by atoms with E-state index in [1.807, 2.05) is 23.2 Å². The van der Waals surface area contributed by atoms with Crippen LogP contribution in [0.2, 0.25) is 0 Å². The fourth-order valence-electron chi connectivity index (χ4n) is 5.43. The van der Waals surface area contributed by atoms with Crippen molar-refractivity contribution in [3.8, 4) is 10.6 Å². The standard InChI is InChI=1S/C30H30N8OS/c1-36-13-15-37(16-14-36)23-6-4-22(5-7-23)33-30-34-27(24-8-11-32-28(24)35-30)26-17-21-19-38(12-9-25(21)40-26)29(39)20-3-2-10-31-18-20/h2-8,10-11,17-18H,9,12-16,19H2,1H3,(H2,32,33,34,35). The molecule has 202 valence electrons. The summed E-state index contributed by atoms with van der Waals surface area (Å²) in [5, 5.41) is 4.40. The van der Waals surface area contributed by atoms with Crippen LogP contribution in [-0.4, -0.2) is 75.4 Å². The molecule has 4 aromatic heterocycles. The minimum atomic E-state index is 0.0201. The van der Waals surface area contributed by atoms with Gasteiger partial charge in [0.2, 0.25) is 5.95 Å². The number of rotatable bonds is 5. The molecule has 1 aromatic carbocycles. The molecular weight excluding hydrogens is 520 g/mol. The van der Waals surface area contributed by atoms with E-state index in [0.717, 1.165) is 59.9 Å². The molecule has 0 unspecified atom stereocenters. The van der Waals surface area contributed by atoms with Gasteiger partial charge in [-0.2, -0.15) is 4.98 Å². The molecule has 0 atom stereocenters. The molecule has 1 amide bonds. The first kappa shape index (κ1) is 24.7. The fourth-order valence-corrected chi connectivity index (χ4v) is 6.60. The number of carbonyl (C=O) groups is 1. The lowest BCUT2D eigenvalue weighted by atomic mass is 10.1. The van der Waals surface area contributed by atoms with Gasteiger partial charge in [-0.1, -0.05) is 0 Å². The number of amides is 1. The number of carbonyl (C=O) groups excluding carboxylic acids is 1. The largest absolute Gasteiger partial charge is 0.369 e. The van der Waals surface area contributed by atoms with E-state index in [1.54, 1.807) is 29.8 Å². The maximum Gasteiger partial charge on any atom is 0.255 e. The number of fused-ring (bicyclic) bond motifs is 2. The zero-order valence-corrected chi connectivity index (χ0v) is 23.1. The molecule has 10 heteroatoms. The number of aromatic amines is 1. The van der Waals surface area contributed by atoms with Gasteiger partial charge in [0.25, 0.3) is 5.91 Å². The summed E-state index contributed by atoms with van der Waals surface area (Å²) >= 11 is 1.76. The first-order valence-electron chi connectivity index (χ1n) is 13.6. The number of piperazine rings is 1. The van der Waals surface area contributed by atoms with E-state index < -0.39 is 0 Å². The number of anilines is 3. The van der Waals surface area contributed by atoms with Crippen molar-refractivity contribution < 1.29 is 4.79 Å². The normalized spacial score (nSPS) is 15.8. The minimum Gasteiger partial charge on any atom is -0.369 e. The van der Waals surface area contributed by atoms with Gasteiger partial charge < -0.3 is 25.0 Å². The predicted octanol–water partition coefficient (Wildman–Crippen LogP) is 4.78. The third-order valence-corrected chi connectivity index (χ3v) is 8.95. The summed E-state index contributed by atoms with van der Waals surface area (Å²) in [5.41, 5.74) is 5.68. The van der Waals surface area contributed by atoms with Crippen molar-refractivity contribution in [1.29, 1.82) is 0 Å². The molecule has 0 aliphatic carbocycles. The van der Waals surface area contributed by atoms with Crippen LogP contribution in [0.4, 0.5) is 17.3 Å². The van der Waals surface area contributed by atoms with Crippen molar-refractivity contribution in [3.63, 3.8) is 0 Å². The number of aromatic nitrogens is 4. The smallest absolute Gasteiger partial charge is 0.255 e. The second-order valence-corrected chi connectivity index (χ2v) is 11.5. The zero-order valence-electron chi connectivity index (χ0n) is 22.3. The van der Waals surface area contributed by atoms with E-state index in [9.17, 15) is 4.79 Å². The Balaban J connectivity index is 1.13. The molecule has 2 aliphatic rings. The quantitative estimate of drug-likeness (QED) is 0.326. The highest BCUT2D eigenvalue weighted by atomic mass is 32.1. The molecular formula is C30H30N8OS. The maximum absolute atomic E-state index is 13.0. The summed E-state index contributed by atoms with van der Waals surface area (Å²) in [4.78, 5) is 39.2. The van der Waals surface area contributed by atoms with Gasteiger partial charge >= 0.3 is 0 Å². The number of nitrogens with one attached hydrogen (secondary N) is 2. The van der Waals surface area contributed by atoms with Crippen molar-refractivity contribution in [3.05, 3.63) is 83.1 Å². The van der Waals surface area contributed by atoms with Crippen LogP contribution in [0.1, 0.15) is 20.8 Å². The number of hydrogen-bond acceptors (Lipinski definition) is 8. The molecule has 0 spiro atoms. The number of benzene rings is 1. The Morgan fingerprint density at radius 3 is 2.67 bits per heavy atom. The summed E-state index contributed by atoms with van der Waals surface area (Å²) < 4.78 is 0. The summed E-state index contributed by atoms with van der Waals surface area (Å²) in [7, 11) is 2.17. The van der Waals surface area contributed by atoms with Crippen molar-refractivity contribution >= 4 is 45.6 Å². The number of hydrogen-bond donors (Lipinski definition) is 2. The van der Waals surface area contributed by atoms with Crippen LogP contribution >= 0.6 is 11.3 Å². The van der Waals surface area contributed by atoms with Crippen LogP contribution in [0.5, 0.6) is 0 Å². The zero-order chi connectivity index (χ0) is 27.1. The van der Waals surface area contributed by atoms with Crippen LogP contribution in [-0.2, 0) is 13.0 Å². The Kier molecular flexibility index (Phi) is 6.41. The molecule has 1 saturated heterocycles. The topological polar surface area (TPSA) is 93.3 Å². The lowest BCUT2D eigenvalue weighted by Crippen LogP contribution is -2.44. The van der Waals surface area contributed by atoms with Crippen LogP contribution in [0.3, 0.4) is 0 Å². The van der Waals surface area contributed by atoms with Gasteiger partial charge in [0, 0.05) is 79.5 Å². The SMILES string of the molecule is CN1CCN(c2ccc(Nc3nc(-c4cc5c(s4)CCN(C(=O)c4cccnc4)C5)c4cc[nH]c4n3)cc2)CC1. The van der Waals surface area contributed by atoms with E-state index in [2.05, 4.69) is 62.5 Å². The van der Waals surface area contributed by atoms with Crippen molar-refractivity contribution in [1.82, 2.24) is 29.7 Å². The average Bonchev–Trinajstić information content (AvgIpc) is 3.64. The lowest BCUT2D eigenvalue weighted by Gasteiger charge is -2.34. The van der Waals surface area contributed by atoms with Gasteiger partial charge in [0.1, 0.15) is 5.65 Å². The predicted molar refractivity (Wildman–Crippen MR) is 159 cm³/mol. The second-order valence-electron chi connectivity index (χ2n) is 10.4. The van der Waals surface area contributed by atoms with E-state index in [-0.39, 0.29) is 5.91 Å². The summed E-state index contributed by atoms with van der Waals surface area (Å²) in [5.74, 6) is 0.573. The van der Waals surface area contributed by atoms with Crippen LogP contribution < -0.4 is 10.2 Å². The molecule has 9 nitrogen and oxygen atoms in total. The highest BCUT2D eigenvalue weighted by Crippen LogP contribution is 2.37. The van der Waals surface area contributed by atoms with Gasteiger partial charge in [0.05, 0.1) is 16.1 Å². The van der Waals surface area contributed by atoms with Crippen LogP contribution in [0.15, 0.2) is 67.1 Å². The van der Waals surface area contributed by atoms with Gasteiger partial charge in [-0.25, -0.2) is 4.98 Å². The highest BCUT2D eigenvalue weighted by Gasteiger charge is 2.25. The molecule has 0 saturated carbocycles. The summed E-state index contributed by atoms with van der Waals surface area (Å²) in [6.07, 6.45) is 6.05. The molecule has 1 fully saturated rings. The Bertz CT molecular complexity index is 1650. The minimum absolute atomic E-state index is 0.0201. The fraction of sp³-hybridized carbons (Fsp3) is 0.267. The van der Waals surface area contributed by atoms with Crippen molar-refractivity contribution in [2.24, 2.45) is 0 Å². The Morgan fingerprint density at radius 2 is 1.88 bits per heavy atom. The van der Waals surface area contributed by atoms with Crippen LogP contribution in [0.25, 0.3) is 21.6 Å². The molecule has 2 aliphatic heterocycles. The summed E-state index contributed by atoms with van der Waals surface area (Å²) in [6.45, 7) is 5.53. The van der Waals surface area contributed by atoms with E-state index in [0.29, 0.717) is 24.6 Å². The van der Waals surface area contributed by atoms with Crippen LogP contribution in [0, 0.1) is 0 Å². The highest BCUT2D eigenvalue weighted by molar-refractivity contribution is 7.15. The second kappa shape index (κ2) is 10.4. The van der Waals surface area contributed by atoms with Crippen molar-refractivity contribution in [2.75, 3.05) is 50.0 Å². The third kappa shape index (κ3) is 4.80. The Morgan fingerprint density at radius 1 is 1.02 bits per heavy atom. The lowest BCUT2D eigenvalue weighted by molar-refractivity contribution is 0.0735. The van der Waals surface area contributed by atoms with Gasteiger partial charge in [0.15, 0.2) is 0 Å². The Hall–Kier alpha value is -4.28. The Labute approximate surface area is 236 Å². The van der Waals surface area contributed by atoms with Gasteiger partial charge in [-0.05, 0) is 67.6 Å². The number of thiophene rings is 1. The summed E-state index contributed by atoms with van der Waals surface area (Å²) in [6, 6.07) is 16.3. The number of likely N-dealkylation sites (N-methyl/N-ethyl adjacent to an activating group) is 1. The number of nitrogens with zero attached hydrogens (tertiary/aromatic N) is 6. The number of pyridine rings is 1. The maximum atomic E-state index is 13.0. The molecule has 0 radical (unpaired) electrons. The van der Waals surface area contributed by atoms with Gasteiger partial charge in [-0.3, -0.25) is 9.78 Å². The molecule has 5 aromatic rings. The molecule has 7 rings (SSSR count). The van der Waals surface area contributed by atoms with Gasteiger partial charge in [-0.15, -0.1) is 11.3 Å². The number of H-pyrrole nitrogens is 1. The first-order valence-corrected chi connectivity index (χ1v) is 14.4. The molecule has 6 heterocycles. The molecule has 0 bridgehead atoms. The molecule has 2 N–H and O–H groups in total. The van der Waals surface area contributed by atoms with E-state index in [4.69, 9.17) is 9.97 Å². The average molecular weight is 551 g/mol.